The Hall–Kier alpha value is -1.36. The van der Waals surface area contributed by atoms with Crippen LogP contribution in [0, 0.1) is 0 Å². The molecule has 0 spiro atoms. The summed E-state index contributed by atoms with van der Waals surface area (Å²) in [4.78, 5) is 27.2. The first-order chi connectivity index (χ1) is 8.95. The SMILES string of the molecule is CCCN(CC(=O)N(C)C)C(=O)c1ccc(Br)cc1. The van der Waals surface area contributed by atoms with Crippen molar-refractivity contribution in [1.82, 2.24) is 9.80 Å². The Morgan fingerprint density at radius 3 is 2.21 bits per heavy atom. The van der Waals surface area contributed by atoms with E-state index in [1.54, 1.807) is 31.1 Å². The van der Waals surface area contributed by atoms with Crippen molar-refractivity contribution >= 4 is 27.7 Å². The minimum atomic E-state index is -0.107. The van der Waals surface area contributed by atoms with Crippen molar-refractivity contribution < 1.29 is 9.59 Å². The van der Waals surface area contributed by atoms with Gasteiger partial charge in [-0.3, -0.25) is 9.59 Å². The van der Waals surface area contributed by atoms with Crippen molar-refractivity contribution in [2.75, 3.05) is 27.2 Å². The molecule has 0 aromatic heterocycles. The van der Waals surface area contributed by atoms with Gasteiger partial charge in [-0.25, -0.2) is 0 Å². The summed E-state index contributed by atoms with van der Waals surface area (Å²) in [6, 6.07) is 7.17. The third kappa shape index (κ3) is 4.67. The zero-order valence-electron chi connectivity index (χ0n) is 11.5. The van der Waals surface area contributed by atoms with Gasteiger partial charge in [-0.15, -0.1) is 0 Å². The average Bonchev–Trinajstić information content (AvgIpc) is 2.38. The third-order valence-electron chi connectivity index (χ3n) is 2.70. The Labute approximate surface area is 122 Å². The summed E-state index contributed by atoms with van der Waals surface area (Å²) >= 11 is 3.34. The van der Waals surface area contributed by atoms with Gasteiger partial charge in [0.05, 0.1) is 0 Å². The van der Waals surface area contributed by atoms with Gasteiger partial charge in [-0.05, 0) is 30.7 Å². The summed E-state index contributed by atoms with van der Waals surface area (Å²) in [5.41, 5.74) is 0.600. The van der Waals surface area contributed by atoms with E-state index in [4.69, 9.17) is 0 Å². The van der Waals surface area contributed by atoms with E-state index < -0.39 is 0 Å². The molecule has 104 valence electrons. The van der Waals surface area contributed by atoms with Crippen LogP contribution in [0.3, 0.4) is 0 Å². The molecule has 0 fully saturated rings. The molecule has 2 amide bonds. The van der Waals surface area contributed by atoms with Crippen LogP contribution in [0.4, 0.5) is 0 Å². The van der Waals surface area contributed by atoms with Gasteiger partial charge in [0.15, 0.2) is 0 Å². The highest BCUT2D eigenvalue weighted by Crippen LogP contribution is 2.12. The van der Waals surface area contributed by atoms with E-state index in [2.05, 4.69) is 15.9 Å². The summed E-state index contributed by atoms with van der Waals surface area (Å²) in [6.07, 6.45) is 0.822. The van der Waals surface area contributed by atoms with E-state index in [1.165, 1.54) is 4.90 Å². The molecule has 1 aromatic carbocycles. The normalized spacial score (nSPS) is 10.1. The molecule has 1 aromatic rings. The summed E-state index contributed by atoms with van der Waals surface area (Å²) < 4.78 is 0.926. The molecule has 0 saturated carbocycles. The minimum absolute atomic E-state index is 0.0705. The number of hydrogen-bond acceptors (Lipinski definition) is 2. The van der Waals surface area contributed by atoms with Gasteiger partial charge < -0.3 is 9.80 Å². The van der Waals surface area contributed by atoms with Crippen LogP contribution in [-0.2, 0) is 4.79 Å². The maximum Gasteiger partial charge on any atom is 0.254 e. The fourth-order valence-corrected chi connectivity index (χ4v) is 1.87. The molecule has 4 nitrogen and oxygen atoms in total. The lowest BCUT2D eigenvalue weighted by molar-refractivity contribution is -0.129. The molecule has 0 aliphatic rings. The summed E-state index contributed by atoms with van der Waals surface area (Å²) in [5.74, 6) is -0.177. The first-order valence-electron chi connectivity index (χ1n) is 6.20. The predicted octanol–water partition coefficient (Wildman–Crippen LogP) is 2.39. The molecule has 0 aliphatic carbocycles. The maximum atomic E-state index is 12.3. The first-order valence-corrected chi connectivity index (χ1v) is 7.00. The second-order valence-corrected chi connectivity index (χ2v) is 5.44. The summed E-state index contributed by atoms with van der Waals surface area (Å²) in [5, 5.41) is 0. The van der Waals surface area contributed by atoms with Crippen molar-refractivity contribution in [3.05, 3.63) is 34.3 Å². The van der Waals surface area contributed by atoms with Crippen LogP contribution in [-0.4, -0.2) is 48.8 Å². The van der Waals surface area contributed by atoms with Crippen molar-refractivity contribution in [2.45, 2.75) is 13.3 Å². The van der Waals surface area contributed by atoms with Crippen LogP contribution in [0.25, 0.3) is 0 Å². The van der Waals surface area contributed by atoms with Crippen molar-refractivity contribution in [3.63, 3.8) is 0 Å². The number of hydrogen-bond donors (Lipinski definition) is 0. The number of halogens is 1. The highest BCUT2D eigenvalue weighted by atomic mass is 79.9. The van der Waals surface area contributed by atoms with Crippen molar-refractivity contribution in [3.8, 4) is 0 Å². The van der Waals surface area contributed by atoms with Gasteiger partial charge >= 0.3 is 0 Å². The smallest absolute Gasteiger partial charge is 0.254 e. The maximum absolute atomic E-state index is 12.3. The number of likely N-dealkylation sites (N-methyl/N-ethyl adjacent to an activating group) is 1. The van der Waals surface area contributed by atoms with Crippen molar-refractivity contribution in [2.24, 2.45) is 0 Å². The highest BCUT2D eigenvalue weighted by Gasteiger charge is 2.18. The monoisotopic (exact) mass is 326 g/mol. The Morgan fingerprint density at radius 1 is 1.16 bits per heavy atom. The molecule has 5 heteroatoms. The number of carbonyl (C=O) groups is 2. The lowest BCUT2D eigenvalue weighted by Crippen LogP contribution is -2.40. The van der Waals surface area contributed by atoms with Gasteiger partial charge in [0, 0.05) is 30.7 Å². The highest BCUT2D eigenvalue weighted by molar-refractivity contribution is 9.10. The minimum Gasteiger partial charge on any atom is -0.347 e. The lowest BCUT2D eigenvalue weighted by atomic mass is 10.2. The topological polar surface area (TPSA) is 40.6 Å². The number of rotatable bonds is 5. The molecule has 19 heavy (non-hydrogen) atoms. The molecular formula is C14H19BrN2O2. The van der Waals surface area contributed by atoms with Crippen LogP contribution >= 0.6 is 15.9 Å². The first kappa shape index (κ1) is 15.7. The molecule has 0 bridgehead atoms. The van der Waals surface area contributed by atoms with Crippen LogP contribution in [0.2, 0.25) is 0 Å². The van der Waals surface area contributed by atoms with E-state index in [0.29, 0.717) is 12.1 Å². The van der Waals surface area contributed by atoms with E-state index in [0.717, 1.165) is 10.9 Å². The second kappa shape index (κ2) is 7.28. The lowest BCUT2D eigenvalue weighted by Gasteiger charge is -2.23. The zero-order valence-corrected chi connectivity index (χ0v) is 13.1. The van der Waals surface area contributed by atoms with E-state index >= 15 is 0 Å². The summed E-state index contributed by atoms with van der Waals surface area (Å²) in [7, 11) is 3.38. The third-order valence-corrected chi connectivity index (χ3v) is 3.23. The van der Waals surface area contributed by atoms with Gasteiger partial charge in [-0.2, -0.15) is 0 Å². The van der Waals surface area contributed by atoms with Gasteiger partial charge in [0.2, 0.25) is 5.91 Å². The van der Waals surface area contributed by atoms with Crippen LogP contribution in [0.1, 0.15) is 23.7 Å². The molecule has 0 heterocycles. The van der Waals surface area contributed by atoms with Crippen LogP contribution in [0.15, 0.2) is 28.7 Å². The largest absolute Gasteiger partial charge is 0.347 e. The van der Waals surface area contributed by atoms with Gasteiger partial charge in [-0.1, -0.05) is 22.9 Å². The molecule has 0 N–H and O–H groups in total. The number of carbonyl (C=O) groups excluding carboxylic acids is 2. The van der Waals surface area contributed by atoms with Crippen molar-refractivity contribution in [1.29, 1.82) is 0 Å². The van der Waals surface area contributed by atoms with Gasteiger partial charge in [0.25, 0.3) is 5.91 Å². The molecule has 0 unspecified atom stereocenters. The Balaban J connectivity index is 2.83. The Bertz CT molecular complexity index is 443. The predicted molar refractivity (Wildman–Crippen MR) is 79.0 cm³/mol. The Kier molecular flexibility index (Phi) is 6.02. The number of benzene rings is 1. The Morgan fingerprint density at radius 2 is 1.74 bits per heavy atom. The average molecular weight is 327 g/mol. The van der Waals surface area contributed by atoms with Crippen LogP contribution in [0.5, 0.6) is 0 Å². The molecule has 0 saturated heterocycles. The molecule has 0 aliphatic heterocycles. The molecule has 0 radical (unpaired) electrons. The fraction of sp³-hybridized carbons (Fsp3) is 0.429. The zero-order chi connectivity index (χ0) is 14.4. The summed E-state index contributed by atoms with van der Waals surface area (Å²) in [6.45, 7) is 2.69. The fourth-order valence-electron chi connectivity index (χ4n) is 1.60. The number of amides is 2. The molecule has 1 rings (SSSR count). The van der Waals surface area contributed by atoms with Crippen LogP contribution < -0.4 is 0 Å². The van der Waals surface area contributed by atoms with Gasteiger partial charge in [0.1, 0.15) is 6.54 Å². The second-order valence-electron chi connectivity index (χ2n) is 4.52. The number of nitrogens with zero attached hydrogens (tertiary/aromatic N) is 2. The van der Waals surface area contributed by atoms with E-state index in [1.807, 2.05) is 19.1 Å². The molecular weight excluding hydrogens is 308 g/mol. The molecule has 0 atom stereocenters. The standard InChI is InChI=1S/C14H19BrN2O2/c1-4-9-17(10-13(18)16(2)3)14(19)11-5-7-12(15)8-6-11/h5-8H,4,9-10H2,1-3H3. The van der Waals surface area contributed by atoms with E-state index in [-0.39, 0.29) is 18.4 Å². The van der Waals surface area contributed by atoms with E-state index in [9.17, 15) is 9.59 Å². The quantitative estimate of drug-likeness (QED) is 0.833.